The highest BCUT2D eigenvalue weighted by Crippen LogP contribution is 2.35. The van der Waals surface area contributed by atoms with E-state index in [0.29, 0.717) is 43.2 Å². The Morgan fingerprint density at radius 3 is 2.59 bits per heavy atom. The number of phenols is 1. The number of allylic oxidation sites excluding steroid dienone is 1. The van der Waals surface area contributed by atoms with Crippen LogP contribution in [0.25, 0.3) is 6.08 Å². The molecule has 1 atom stereocenters. The van der Waals surface area contributed by atoms with Gasteiger partial charge in [0.1, 0.15) is 5.75 Å². The average Bonchev–Trinajstić information content (AvgIpc) is 3.24. The fourth-order valence-corrected chi connectivity index (χ4v) is 5.71. The summed E-state index contributed by atoms with van der Waals surface area (Å²) in [5.74, 6) is 0.240. The molecular formula is C29H24ClN3O5S. The molecule has 8 nitrogen and oxygen atoms in total. The maximum Gasteiger partial charge on any atom is 0.271 e. The van der Waals surface area contributed by atoms with Gasteiger partial charge in [0.2, 0.25) is 0 Å². The molecule has 0 spiro atoms. The second kappa shape index (κ2) is 10.8. The highest BCUT2D eigenvalue weighted by Gasteiger charge is 2.32. The van der Waals surface area contributed by atoms with E-state index in [1.807, 2.05) is 30.3 Å². The van der Waals surface area contributed by atoms with Crippen LogP contribution in [0.2, 0.25) is 5.02 Å². The number of thiazole rings is 1. The second-order valence-electron chi connectivity index (χ2n) is 8.73. The van der Waals surface area contributed by atoms with Gasteiger partial charge in [-0.3, -0.25) is 14.2 Å². The van der Waals surface area contributed by atoms with E-state index < -0.39 is 6.04 Å². The van der Waals surface area contributed by atoms with Gasteiger partial charge in [0.25, 0.3) is 11.5 Å². The predicted molar refractivity (Wildman–Crippen MR) is 152 cm³/mol. The number of halogens is 1. The highest BCUT2D eigenvalue weighted by molar-refractivity contribution is 7.07. The molecule has 0 saturated carbocycles. The summed E-state index contributed by atoms with van der Waals surface area (Å²) in [7, 11) is 2.98. The van der Waals surface area contributed by atoms with Crippen LogP contribution in [0.5, 0.6) is 17.2 Å². The Kier molecular flexibility index (Phi) is 7.28. The molecule has 0 aliphatic carbocycles. The molecule has 1 aromatic heterocycles. The highest BCUT2D eigenvalue weighted by atomic mass is 35.5. The number of fused-ring (bicyclic) bond motifs is 1. The van der Waals surface area contributed by atoms with Gasteiger partial charge in [0, 0.05) is 5.69 Å². The lowest BCUT2D eigenvalue weighted by molar-refractivity contribution is -0.113. The van der Waals surface area contributed by atoms with E-state index in [9.17, 15) is 14.7 Å². The Morgan fingerprint density at radius 2 is 1.87 bits per heavy atom. The lowest BCUT2D eigenvalue weighted by atomic mass is 9.95. The number of ether oxygens (including phenoxy) is 2. The number of aromatic nitrogens is 1. The molecule has 0 radical (unpaired) electrons. The standard InChI is InChI=1S/C29H24ClN3O5S/c1-16-24(27(35)32-19-9-5-4-6-10-19)25(18-8-7-11-20(15-18)37-2)33-28(36)23(39-29(33)31-16)14-17-12-21(30)26(34)22(13-17)38-3/h4-15,25,34H,1-3H3,(H,32,35)/t25-/m0/s1. The summed E-state index contributed by atoms with van der Waals surface area (Å²) in [6, 6.07) is 18.8. The molecule has 0 saturated heterocycles. The van der Waals surface area contributed by atoms with Crippen LogP contribution in [-0.2, 0) is 4.79 Å². The molecule has 10 heteroatoms. The number of aromatic hydroxyl groups is 1. The molecule has 2 N–H and O–H groups in total. The lowest BCUT2D eigenvalue weighted by Crippen LogP contribution is -2.40. The van der Waals surface area contributed by atoms with Gasteiger partial charge in [-0.1, -0.05) is 53.3 Å². The maximum absolute atomic E-state index is 13.9. The van der Waals surface area contributed by atoms with Crippen molar-refractivity contribution >= 4 is 40.6 Å². The minimum Gasteiger partial charge on any atom is -0.503 e. The zero-order chi connectivity index (χ0) is 27.7. The van der Waals surface area contributed by atoms with E-state index in [0.717, 1.165) is 0 Å². The van der Waals surface area contributed by atoms with E-state index in [2.05, 4.69) is 10.3 Å². The summed E-state index contributed by atoms with van der Waals surface area (Å²) in [6.45, 7) is 1.76. The number of benzene rings is 3. The number of nitrogens with one attached hydrogen (secondary N) is 1. The number of hydrogen-bond donors (Lipinski definition) is 2. The number of para-hydroxylation sites is 1. The normalized spacial score (nSPS) is 15.0. The zero-order valence-electron chi connectivity index (χ0n) is 21.3. The third kappa shape index (κ3) is 5.06. The summed E-state index contributed by atoms with van der Waals surface area (Å²) >= 11 is 7.36. The number of carbonyl (C=O) groups is 1. The molecule has 3 aromatic carbocycles. The van der Waals surface area contributed by atoms with Crippen molar-refractivity contribution in [2.45, 2.75) is 13.0 Å². The quantitative estimate of drug-likeness (QED) is 0.366. The topological polar surface area (TPSA) is 102 Å². The number of phenolic OH excluding ortho intramolecular Hbond substituents is 1. The lowest BCUT2D eigenvalue weighted by Gasteiger charge is -2.25. The van der Waals surface area contributed by atoms with E-state index in [1.165, 1.54) is 23.0 Å². The minimum atomic E-state index is -0.750. The van der Waals surface area contributed by atoms with Gasteiger partial charge >= 0.3 is 0 Å². The van der Waals surface area contributed by atoms with Crippen LogP contribution in [0, 0.1) is 0 Å². The molecule has 198 valence electrons. The van der Waals surface area contributed by atoms with E-state index in [1.54, 1.807) is 56.5 Å². The van der Waals surface area contributed by atoms with Gasteiger partial charge < -0.3 is 19.9 Å². The monoisotopic (exact) mass is 561 g/mol. The van der Waals surface area contributed by atoms with Crippen LogP contribution in [-0.4, -0.2) is 29.8 Å². The minimum absolute atomic E-state index is 0.0957. The van der Waals surface area contributed by atoms with Crippen LogP contribution in [0.3, 0.4) is 0 Å². The summed E-state index contributed by atoms with van der Waals surface area (Å²) in [5.41, 5.74) is 2.41. The van der Waals surface area contributed by atoms with Crippen LogP contribution >= 0.6 is 22.9 Å². The van der Waals surface area contributed by atoms with Crippen molar-refractivity contribution in [2.24, 2.45) is 4.99 Å². The molecule has 1 aliphatic heterocycles. The summed E-state index contributed by atoms with van der Waals surface area (Å²) in [6.07, 6.45) is 1.66. The Morgan fingerprint density at radius 1 is 1.10 bits per heavy atom. The number of rotatable bonds is 6. The van der Waals surface area contributed by atoms with Gasteiger partial charge in [-0.25, -0.2) is 4.99 Å². The average molecular weight is 562 g/mol. The smallest absolute Gasteiger partial charge is 0.271 e. The van der Waals surface area contributed by atoms with Crippen molar-refractivity contribution in [1.82, 2.24) is 4.57 Å². The first-order valence-electron chi connectivity index (χ1n) is 11.9. The molecule has 1 amide bonds. The first-order chi connectivity index (χ1) is 18.8. The number of nitrogens with zero attached hydrogens (tertiary/aromatic N) is 2. The van der Waals surface area contributed by atoms with Crippen molar-refractivity contribution in [2.75, 3.05) is 19.5 Å². The number of anilines is 1. The van der Waals surface area contributed by atoms with Crippen molar-refractivity contribution in [3.05, 3.63) is 114 Å². The molecular weight excluding hydrogens is 538 g/mol. The van der Waals surface area contributed by atoms with Gasteiger partial charge in [-0.15, -0.1) is 0 Å². The fraction of sp³-hybridized carbons (Fsp3) is 0.138. The molecule has 5 rings (SSSR count). The van der Waals surface area contributed by atoms with Gasteiger partial charge in [0.05, 0.1) is 41.1 Å². The van der Waals surface area contributed by atoms with Crippen LogP contribution in [0.4, 0.5) is 5.69 Å². The number of hydrogen-bond acceptors (Lipinski definition) is 7. The molecule has 0 unspecified atom stereocenters. The molecule has 39 heavy (non-hydrogen) atoms. The van der Waals surface area contributed by atoms with Crippen molar-refractivity contribution in [3.63, 3.8) is 0 Å². The maximum atomic E-state index is 13.9. The number of carbonyl (C=O) groups excluding carboxylic acids is 1. The molecule has 0 bridgehead atoms. The third-order valence-corrected chi connectivity index (χ3v) is 7.55. The van der Waals surface area contributed by atoms with Gasteiger partial charge in [-0.2, -0.15) is 0 Å². The zero-order valence-corrected chi connectivity index (χ0v) is 22.8. The van der Waals surface area contributed by atoms with E-state index >= 15 is 0 Å². The van der Waals surface area contributed by atoms with E-state index in [4.69, 9.17) is 21.1 Å². The SMILES string of the molecule is COc1cccc([C@H]2C(C(=O)Nc3ccccc3)=C(C)N=c3sc(=Cc4cc(Cl)c(O)c(OC)c4)c(=O)n32)c1. The predicted octanol–water partition coefficient (Wildman–Crippen LogP) is 4.25. The molecule has 4 aromatic rings. The Labute approximate surface area is 232 Å². The summed E-state index contributed by atoms with van der Waals surface area (Å²) < 4.78 is 12.5. The van der Waals surface area contributed by atoms with Crippen molar-refractivity contribution in [3.8, 4) is 17.2 Å². The summed E-state index contributed by atoms with van der Waals surface area (Å²) in [4.78, 5) is 32.6. The molecule has 2 heterocycles. The first-order valence-corrected chi connectivity index (χ1v) is 13.1. The number of amides is 1. The Hall–Kier alpha value is -4.34. The molecule has 1 aliphatic rings. The molecule has 0 fully saturated rings. The second-order valence-corrected chi connectivity index (χ2v) is 10.1. The fourth-order valence-electron chi connectivity index (χ4n) is 4.44. The third-order valence-electron chi connectivity index (χ3n) is 6.28. The van der Waals surface area contributed by atoms with E-state index in [-0.39, 0.29) is 28.0 Å². The van der Waals surface area contributed by atoms with Crippen molar-refractivity contribution < 1.29 is 19.4 Å². The number of methoxy groups -OCH3 is 2. The van der Waals surface area contributed by atoms with Gasteiger partial charge in [0.15, 0.2) is 16.3 Å². The Balaban J connectivity index is 1.69. The van der Waals surface area contributed by atoms with Crippen molar-refractivity contribution in [1.29, 1.82) is 0 Å². The van der Waals surface area contributed by atoms with Crippen LogP contribution in [0.1, 0.15) is 24.1 Å². The summed E-state index contributed by atoms with van der Waals surface area (Å²) in [5, 5.41) is 13.1. The van der Waals surface area contributed by atoms with Crippen LogP contribution in [0.15, 0.2) is 87.8 Å². The van der Waals surface area contributed by atoms with Gasteiger partial charge in [-0.05, 0) is 60.5 Å². The largest absolute Gasteiger partial charge is 0.503 e. The van der Waals surface area contributed by atoms with Crippen LogP contribution < -0.4 is 29.7 Å². The Bertz CT molecular complexity index is 1790. The first kappa shape index (κ1) is 26.3.